The Kier molecular flexibility index (Phi) is 12.6. The monoisotopic (exact) mass is 793 g/mol. The molecule has 26 heteroatoms. The van der Waals surface area contributed by atoms with Gasteiger partial charge in [0.25, 0.3) is 5.69 Å². The van der Waals surface area contributed by atoms with Crippen LogP contribution in [0.2, 0.25) is 0 Å². The van der Waals surface area contributed by atoms with E-state index < -0.39 is 90.6 Å². The standard InChI is InChI=1S/C27H18F15N5O6/c1-14(48)52-10-8-46(17-4-2-16(3-5-17)44-45-19-7-6-18(47(50)51)12-15(19)13-43)9-11-53-20(49)21(28,29)22(30,31)23(32,33)24(34,35)25(36,37)26(38,39)27(40,41)42/h2-7,12H,8-11H2,1H3. The van der Waals surface area contributed by atoms with E-state index in [1.807, 2.05) is 0 Å². The van der Waals surface area contributed by atoms with E-state index in [1.165, 1.54) is 12.1 Å². The number of nitro groups is 1. The fourth-order valence-electron chi connectivity index (χ4n) is 3.76. The molecular formula is C27H18F15N5O6. The Bertz CT molecular complexity index is 1750. The third-order valence-corrected chi connectivity index (χ3v) is 6.64. The maximum Gasteiger partial charge on any atom is 0.460 e. The minimum absolute atomic E-state index is 0.0144. The summed E-state index contributed by atoms with van der Waals surface area (Å²) >= 11 is 0. The van der Waals surface area contributed by atoms with Gasteiger partial charge in [0.2, 0.25) is 0 Å². The van der Waals surface area contributed by atoms with Gasteiger partial charge in [-0.3, -0.25) is 14.9 Å². The summed E-state index contributed by atoms with van der Waals surface area (Å²) in [6.07, 6.45) is -7.78. The molecule has 2 rings (SSSR count). The van der Waals surface area contributed by atoms with E-state index in [9.17, 15) is 90.8 Å². The molecule has 0 spiro atoms. The molecule has 0 N–H and O–H groups in total. The van der Waals surface area contributed by atoms with Gasteiger partial charge in [0.05, 0.1) is 29.3 Å². The number of carbonyl (C=O) groups excluding carboxylic acids is 2. The molecule has 0 unspecified atom stereocenters. The van der Waals surface area contributed by atoms with Gasteiger partial charge in [0.15, 0.2) is 0 Å². The molecule has 0 bridgehead atoms. The number of ether oxygens (including phenoxy) is 2. The van der Waals surface area contributed by atoms with Crippen molar-refractivity contribution in [2.75, 3.05) is 31.2 Å². The van der Waals surface area contributed by atoms with Crippen LogP contribution in [0.3, 0.4) is 0 Å². The van der Waals surface area contributed by atoms with E-state index in [1.54, 1.807) is 6.07 Å². The Hall–Kier alpha value is -5.38. The molecule has 0 radical (unpaired) electrons. The average Bonchev–Trinajstić information content (AvgIpc) is 3.05. The van der Waals surface area contributed by atoms with Gasteiger partial charge in [0, 0.05) is 24.7 Å². The number of alkyl halides is 15. The van der Waals surface area contributed by atoms with Crippen LogP contribution in [0.4, 0.5) is 88.6 Å². The first-order valence-corrected chi connectivity index (χ1v) is 13.6. The van der Waals surface area contributed by atoms with Crippen LogP contribution in [0.1, 0.15) is 12.5 Å². The van der Waals surface area contributed by atoms with Crippen molar-refractivity contribution in [2.45, 2.75) is 48.6 Å². The number of hydrogen-bond donors (Lipinski definition) is 0. The highest BCUT2D eigenvalue weighted by Gasteiger charge is 2.94. The normalized spacial score (nSPS) is 13.4. The van der Waals surface area contributed by atoms with Crippen LogP contribution in [0.15, 0.2) is 52.7 Å². The number of nitro benzene ring substituents is 1. The lowest BCUT2D eigenvalue weighted by Gasteiger charge is -2.40. The summed E-state index contributed by atoms with van der Waals surface area (Å²) in [5.41, 5.74) is -0.786. The number of halogens is 15. The molecule has 0 atom stereocenters. The van der Waals surface area contributed by atoms with Gasteiger partial charge < -0.3 is 14.4 Å². The molecule has 2 aromatic rings. The fraction of sp³-hybridized carbons (Fsp3) is 0.444. The molecule has 0 amide bonds. The van der Waals surface area contributed by atoms with Crippen LogP contribution < -0.4 is 4.90 Å². The molecule has 0 aromatic heterocycles. The maximum atomic E-state index is 14.2. The summed E-state index contributed by atoms with van der Waals surface area (Å²) in [4.78, 5) is 33.9. The van der Waals surface area contributed by atoms with Gasteiger partial charge in [-0.1, -0.05) is 0 Å². The van der Waals surface area contributed by atoms with E-state index in [0.29, 0.717) is 0 Å². The topological polar surface area (TPSA) is 147 Å². The number of nitriles is 1. The van der Waals surface area contributed by atoms with Crippen LogP contribution in [-0.2, 0) is 19.1 Å². The molecule has 11 nitrogen and oxygen atoms in total. The van der Waals surface area contributed by atoms with E-state index in [0.717, 1.165) is 42.2 Å². The van der Waals surface area contributed by atoms with Crippen LogP contribution in [0.25, 0.3) is 0 Å². The zero-order valence-corrected chi connectivity index (χ0v) is 25.7. The van der Waals surface area contributed by atoms with Gasteiger partial charge in [-0.05, 0) is 30.3 Å². The fourth-order valence-corrected chi connectivity index (χ4v) is 3.76. The van der Waals surface area contributed by atoms with Gasteiger partial charge in [-0.2, -0.15) is 76.2 Å². The van der Waals surface area contributed by atoms with Crippen molar-refractivity contribution in [3.05, 3.63) is 58.1 Å². The number of non-ortho nitro benzene ring substituents is 1. The molecule has 292 valence electrons. The summed E-state index contributed by atoms with van der Waals surface area (Å²) in [5.74, 6) is -53.8. The Morgan fingerprint density at radius 2 is 1.25 bits per heavy atom. The highest BCUT2D eigenvalue weighted by molar-refractivity contribution is 5.79. The number of anilines is 1. The van der Waals surface area contributed by atoms with Crippen molar-refractivity contribution in [1.82, 2.24) is 0 Å². The Labute approximate surface area is 284 Å². The second-order valence-corrected chi connectivity index (χ2v) is 10.2. The molecule has 0 fully saturated rings. The van der Waals surface area contributed by atoms with Gasteiger partial charge in [0.1, 0.15) is 25.0 Å². The summed E-state index contributed by atoms with van der Waals surface area (Å²) in [6.45, 7) is -2.48. The van der Waals surface area contributed by atoms with Crippen LogP contribution in [-0.4, -0.2) is 84.9 Å². The number of carbonyl (C=O) groups is 2. The van der Waals surface area contributed by atoms with Crippen LogP contribution in [0, 0.1) is 21.4 Å². The predicted molar refractivity (Wildman–Crippen MR) is 144 cm³/mol. The van der Waals surface area contributed by atoms with Crippen molar-refractivity contribution in [2.24, 2.45) is 10.2 Å². The summed E-state index contributed by atoms with van der Waals surface area (Å²) in [6, 6.07) is 9.35. The molecular weight excluding hydrogens is 775 g/mol. The zero-order chi connectivity index (χ0) is 41.0. The van der Waals surface area contributed by atoms with E-state index in [2.05, 4.69) is 19.7 Å². The van der Waals surface area contributed by atoms with Crippen molar-refractivity contribution in [3.63, 3.8) is 0 Å². The minimum atomic E-state index is -8.58. The zero-order valence-electron chi connectivity index (χ0n) is 25.7. The number of hydrogen-bond acceptors (Lipinski definition) is 10. The number of rotatable bonds is 16. The van der Waals surface area contributed by atoms with Crippen LogP contribution >= 0.6 is 0 Å². The second-order valence-electron chi connectivity index (χ2n) is 10.2. The lowest BCUT2D eigenvalue weighted by molar-refractivity contribution is -0.450. The van der Waals surface area contributed by atoms with E-state index >= 15 is 0 Å². The summed E-state index contributed by atoms with van der Waals surface area (Å²) in [5, 5.41) is 27.6. The molecule has 0 aliphatic carbocycles. The number of benzene rings is 2. The van der Waals surface area contributed by atoms with Gasteiger partial charge in [-0.15, -0.1) is 5.11 Å². The molecule has 0 aliphatic rings. The predicted octanol–water partition coefficient (Wildman–Crippen LogP) is 8.17. The number of esters is 2. The number of nitrogens with zero attached hydrogens (tertiary/aromatic N) is 5. The molecule has 0 saturated heterocycles. The molecule has 0 aliphatic heterocycles. The summed E-state index contributed by atoms with van der Waals surface area (Å²) in [7, 11) is 0. The highest BCUT2D eigenvalue weighted by Crippen LogP contribution is 2.62. The van der Waals surface area contributed by atoms with Crippen molar-refractivity contribution in [1.29, 1.82) is 5.26 Å². The minimum Gasteiger partial charge on any atom is -0.464 e. The Morgan fingerprint density at radius 1 is 0.755 bits per heavy atom. The first-order valence-electron chi connectivity index (χ1n) is 13.6. The Morgan fingerprint density at radius 3 is 1.72 bits per heavy atom. The maximum absolute atomic E-state index is 14.2. The number of azo groups is 1. The largest absolute Gasteiger partial charge is 0.464 e. The van der Waals surface area contributed by atoms with Crippen molar-refractivity contribution >= 4 is 34.7 Å². The molecule has 0 heterocycles. The smallest absolute Gasteiger partial charge is 0.460 e. The van der Waals surface area contributed by atoms with Crippen molar-refractivity contribution in [3.8, 4) is 6.07 Å². The third-order valence-electron chi connectivity index (χ3n) is 6.64. The molecule has 2 aromatic carbocycles. The first-order chi connectivity index (χ1) is 24.0. The second kappa shape index (κ2) is 15.3. The third kappa shape index (κ3) is 8.48. The van der Waals surface area contributed by atoms with E-state index in [4.69, 9.17) is 0 Å². The van der Waals surface area contributed by atoms with Crippen molar-refractivity contribution < 1.29 is 89.8 Å². The molecule has 0 saturated carbocycles. The Balaban J connectivity index is 2.29. The SMILES string of the molecule is CC(=O)OCCN(CCOC(=O)C(F)(F)C(F)(F)C(F)(F)C(F)(F)C(F)(F)C(F)(F)C(F)(F)F)c1ccc(N=Nc2ccc([N+](=O)[O-])cc2C#N)cc1. The quantitative estimate of drug-likeness (QED) is 0.0544. The molecule has 53 heavy (non-hydrogen) atoms. The highest BCUT2D eigenvalue weighted by atomic mass is 19.4. The first kappa shape index (κ1) is 43.8. The van der Waals surface area contributed by atoms with E-state index in [-0.39, 0.29) is 22.6 Å². The summed E-state index contributed by atoms with van der Waals surface area (Å²) < 4.78 is 210. The lowest BCUT2D eigenvalue weighted by Crippen LogP contribution is -2.73. The average molecular weight is 793 g/mol. The van der Waals surface area contributed by atoms with Crippen LogP contribution in [0.5, 0.6) is 0 Å². The van der Waals surface area contributed by atoms with Gasteiger partial charge in [-0.25, -0.2) is 4.79 Å². The lowest BCUT2D eigenvalue weighted by atomic mass is 9.91. The van der Waals surface area contributed by atoms with Gasteiger partial charge >= 0.3 is 53.7 Å².